The fraction of sp³-hybridized carbons (Fsp3) is 0.600. The zero-order chi connectivity index (χ0) is 13.8. The van der Waals surface area contributed by atoms with Gasteiger partial charge in [0.1, 0.15) is 0 Å². The number of aliphatic hydroxyl groups excluding tert-OH is 1. The number of benzene rings is 1. The summed E-state index contributed by atoms with van der Waals surface area (Å²) in [5.41, 5.74) is 7.43. The van der Waals surface area contributed by atoms with Crippen molar-refractivity contribution in [3.8, 4) is 0 Å². The fourth-order valence-electron chi connectivity index (χ4n) is 2.86. The van der Waals surface area contributed by atoms with Gasteiger partial charge in [-0.05, 0) is 19.5 Å². The first-order valence-corrected chi connectivity index (χ1v) is 7.10. The maximum Gasteiger partial charge on any atom is 0.0936 e. The number of β-amino-alcohol motifs (C(OH)–C–C–N with tert-alkyl or cyclic N) is 1. The van der Waals surface area contributed by atoms with Crippen molar-refractivity contribution < 1.29 is 5.11 Å². The van der Waals surface area contributed by atoms with E-state index in [0.29, 0.717) is 18.3 Å². The smallest absolute Gasteiger partial charge is 0.0936 e. The molecular weight excluding hydrogens is 238 g/mol. The van der Waals surface area contributed by atoms with Gasteiger partial charge in [0.2, 0.25) is 0 Å². The molecule has 2 unspecified atom stereocenters. The number of nitrogen functional groups attached to an aromatic ring is 1. The third kappa shape index (κ3) is 3.47. The number of nitrogens with two attached hydrogens (primary N) is 1. The number of para-hydroxylation sites is 1. The average molecular weight is 263 g/mol. The van der Waals surface area contributed by atoms with E-state index in [1.54, 1.807) is 0 Å². The second kappa shape index (κ2) is 6.37. The number of hydrogen-bond acceptors (Lipinski definition) is 4. The maximum absolute atomic E-state index is 10.3. The van der Waals surface area contributed by atoms with E-state index in [1.807, 2.05) is 24.3 Å². The van der Waals surface area contributed by atoms with Crippen LogP contribution in [0.25, 0.3) is 0 Å². The highest BCUT2D eigenvalue weighted by atomic mass is 16.3. The zero-order valence-corrected chi connectivity index (χ0v) is 11.9. The van der Waals surface area contributed by atoms with Gasteiger partial charge in [-0.3, -0.25) is 9.80 Å². The predicted octanol–water partition coefficient (Wildman–Crippen LogP) is 1.33. The van der Waals surface area contributed by atoms with Crippen LogP contribution < -0.4 is 5.73 Å². The Kier molecular flexibility index (Phi) is 4.80. The molecule has 106 valence electrons. The highest BCUT2D eigenvalue weighted by Gasteiger charge is 2.24. The monoisotopic (exact) mass is 263 g/mol. The van der Waals surface area contributed by atoms with E-state index in [4.69, 9.17) is 5.73 Å². The largest absolute Gasteiger partial charge is 0.398 e. The molecule has 1 aliphatic heterocycles. The molecule has 0 radical (unpaired) electrons. The second-order valence-electron chi connectivity index (χ2n) is 5.38. The van der Waals surface area contributed by atoms with Crippen LogP contribution in [0.4, 0.5) is 5.69 Å². The van der Waals surface area contributed by atoms with Crippen molar-refractivity contribution in [2.24, 2.45) is 0 Å². The molecule has 1 heterocycles. The normalized spacial score (nSPS) is 23.4. The van der Waals surface area contributed by atoms with Crippen LogP contribution in [-0.4, -0.2) is 53.7 Å². The second-order valence-corrected chi connectivity index (χ2v) is 5.38. The first-order valence-electron chi connectivity index (χ1n) is 7.10. The van der Waals surface area contributed by atoms with Gasteiger partial charge in [0.05, 0.1) is 6.10 Å². The lowest BCUT2D eigenvalue weighted by molar-refractivity contribution is 0.0481. The van der Waals surface area contributed by atoms with Gasteiger partial charge in [0.25, 0.3) is 0 Å². The van der Waals surface area contributed by atoms with E-state index >= 15 is 0 Å². The Morgan fingerprint density at radius 3 is 2.74 bits per heavy atom. The van der Waals surface area contributed by atoms with Gasteiger partial charge < -0.3 is 10.8 Å². The van der Waals surface area contributed by atoms with Gasteiger partial charge in [-0.15, -0.1) is 0 Å². The number of piperazine rings is 1. The molecule has 1 aromatic rings. The fourth-order valence-corrected chi connectivity index (χ4v) is 2.86. The van der Waals surface area contributed by atoms with Gasteiger partial charge >= 0.3 is 0 Å². The summed E-state index contributed by atoms with van der Waals surface area (Å²) in [5.74, 6) is 0. The molecule has 3 N–H and O–H groups in total. The Morgan fingerprint density at radius 1 is 1.37 bits per heavy atom. The summed E-state index contributed by atoms with van der Waals surface area (Å²) in [5, 5.41) is 10.3. The van der Waals surface area contributed by atoms with Crippen LogP contribution in [0.3, 0.4) is 0 Å². The molecule has 2 atom stereocenters. The minimum absolute atomic E-state index is 0.499. The predicted molar refractivity (Wildman–Crippen MR) is 79.0 cm³/mol. The number of hydrogen-bond donors (Lipinski definition) is 2. The van der Waals surface area contributed by atoms with E-state index < -0.39 is 6.10 Å². The molecule has 1 saturated heterocycles. The lowest BCUT2D eigenvalue weighted by Gasteiger charge is -2.40. The molecular formula is C15H25N3O. The average Bonchev–Trinajstić information content (AvgIpc) is 2.39. The topological polar surface area (TPSA) is 52.7 Å². The van der Waals surface area contributed by atoms with E-state index in [2.05, 4.69) is 23.6 Å². The summed E-state index contributed by atoms with van der Waals surface area (Å²) in [4.78, 5) is 4.80. The highest BCUT2D eigenvalue weighted by molar-refractivity contribution is 5.47. The Labute approximate surface area is 115 Å². The molecule has 19 heavy (non-hydrogen) atoms. The number of nitrogens with zero attached hydrogens (tertiary/aromatic N) is 2. The molecule has 0 amide bonds. The summed E-state index contributed by atoms with van der Waals surface area (Å²) in [7, 11) is 0. The molecule has 0 spiro atoms. The Hall–Kier alpha value is -1.10. The van der Waals surface area contributed by atoms with Gasteiger partial charge in [-0.1, -0.05) is 25.1 Å². The summed E-state index contributed by atoms with van der Waals surface area (Å²) in [6.45, 7) is 9.32. The molecule has 0 bridgehead atoms. The first-order chi connectivity index (χ1) is 9.11. The summed E-state index contributed by atoms with van der Waals surface area (Å²) in [6, 6.07) is 8.13. The van der Waals surface area contributed by atoms with Crippen molar-refractivity contribution in [1.29, 1.82) is 0 Å². The van der Waals surface area contributed by atoms with Gasteiger partial charge in [0.15, 0.2) is 0 Å². The van der Waals surface area contributed by atoms with Crippen molar-refractivity contribution in [3.05, 3.63) is 29.8 Å². The molecule has 0 aliphatic carbocycles. The number of likely N-dealkylation sites (N-methyl/N-ethyl adjacent to an activating group) is 1. The summed E-state index contributed by atoms with van der Waals surface area (Å²) >= 11 is 0. The van der Waals surface area contributed by atoms with Crippen LogP contribution >= 0.6 is 0 Å². The van der Waals surface area contributed by atoms with E-state index in [1.165, 1.54) is 0 Å². The Bertz CT molecular complexity index is 410. The van der Waals surface area contributed by atoms with Crippen molar-refractivity contribution in [3.63, 3.8) is 0 Å². The van der Waals surface area contributed by atoms with Crippen molar-refractivity contribution in [2.45, 2.75) is 26.0 Å². The van der Waals surface area contributed by atoms with Crippen molar-refractivity contribution >= 4 is 5.69 Å². The molecule has 0 saturated carbocycles. The summed E-state index contributed by atoms with van der Waals surface area (Å²) in [6.07, 6.45) is -0.499. The van der Waals surface area contributed by atoms with Crippen LogP contribution in [0, 0.1) is 0 Å². The molecule has 1 aromatic carbocycles. The third-order valence-electron chi connectivity index (χ3n) is 4.04. The lowest BCUT2D eigenvalue weighted by Crippen LogP contribution is -2.52. The first kappa shape index (κ1) is 14.3. The molecule has 1 fully saturated rings. The molecule has 2 rings (SSSR count). The lowest BCUT2D eigenvalue weighted by atomic mass is 10.1. The Balaban J connectivity index is 1.93. The van der Waals surface area contributed by atoms with Crippen LogP contribution in [0.15, 0.2) is 24.3 Å². The summed E-state index contributed by atoms with van der Waals surface area (Å²) < 4.78 is 0. The molecule has 4 heteroatoms. The van der Waals surface area contributed by atoms with Gasteiger partial charge in [-0.2, -0.15) is 0 Å². The van der Waals surface area contributed by atoms with E-state index in [-0.39, 0.29) is 0 Å². The third-order valence-corrected chi connectivity index (χ3v) is 4.04. The van der Waals surface area contributed by atoms with E-state index in [9.17, 15) is 5.11 Å². The van der Waals surface area contributed by atoms with Gasteiger partial charge in [0, 0.05) is 43.5 Å². The van der Waals surface area contributed by atoms with Crippen LogP contribution in [0.2, 0.25) is 0 Å². The molecule has 1 aliphatic rings. The van der Waals surface area contributed by atoms with E-state index in [0.717, 1.165) is 31.7 Å². The molecule has 4 nitrogen and oxygen atoms in total. The molecule has 0 aromatic heterocycles. The van der Waals surface area contributed by atoms with Crippen molar-refractivity contribution in [2.75, 3.05) is 38.5 Å². The number of aliphatic hydroxyl groups is 1. The highest BCUT2D eigenvalue weighted by Crippen LogP contribution is 2.21. The SMILES string of the molecule is CCN1CCN(CC(O)c2ccccc2N)CC1C. The van der Waals surface area contributed by atoms with Crippen LogP contribution in [-0.2, 0) is 0 Å². The number of rotatable bonds is 4. The van der Waals surface area contributed by atoms with Crippen LogP contribution in [0.5, 0.6) is 0 Å². The van der Waals surface area contributed by atoms with Gasteiger partial charge in [-0.25, -0.2) is 0 Å². The Morgan fingerprint density at radius 2 is 2.11 bits per heavy atom. The zero-order valence-electron chi connectivity index (χ0n) is 11.9. The maximum atomic E-state index is 10.3. The quantitative estimate of drug-likeness (QED) is 0.805. The van der Waals surface area contributed by atoms with Crippen molar-refractivity contribution in [1.82, 2.24) is 9.80 Å². The minimum atomic E-state index is -0.499. The van der Waals surface area contributed by atoms with Crippen LogP contribution in [0.1, 0.15) is 25.5 Å². The number of anilines is 1. The standard InChI is InChI=1S/C15H25N3O/c1-3-18-9-8-17(10-12(18)2)11-15(19)13-6-4-5-7-14(13)16/h4-7,12,15,19H,3,8-11,16H2,1-2H3. The minimum Gasteiger partial charge on any atom is -0.398 e.